The van der Waals surface area contributed by atoms with Crippen molar-refractivity contribution in [2.45, 2.75) is 47.9 Å². The highest BCUT2D eigenvalue weighted by Crippen LogP contribution is 2.42. The third kappa shape index (κ3) is 4.31. The molecule has 1 saturated carbocycles. The number of halogens is 1. The second kappa shape index (κ2) is 8.72. The molecule has 3 aromatic carbocycles. The van der Waals surface area contributed by atoms with Crippen molar-refractivity contribution in [3.05, 3.63) is 94.8 Å². The zero-order valence-electron chi connectivity index (χ0n) is 17.2. The Hall–Kier alpha value is -2.85. The number of rotatable bonds is 3. The van der Waals surface area contributed by atoms with Crippen LogP contribution in [0.15, 0.2) is 76.5 Å². The van der Waals surface area contributed by atoms with Gasteiger partial charge in [-0.1, -0.05) is 61.4 Å². The summed E-state index contributed by atoms with van der Waals surface area (Å²) in [6.45, 7) is 0. The number of benzene rings is 3. The number of hydrogen-bond donors (Lipinski definition) is 1. The van der Waals surface area contributed by atoms with Crippen LogP contribution in [-0.4, -0.2) is 11.9 Å². The fourth-order valence-electron chi connectivity index (χ4n) is 4.41. The zero-order chi connectivity index (χ0) is 21.2. The molecule has 0 radical (unpaired) electrons. The van der Waals surface area contributed by atoms with Crippen molar-refractivity contribution < 1.29 is 9.18 Å². The molecule has 0 unspecified atom stereocenters. The van der Waals surface area contributed by atoms with Gasteiger partial charge in [-0.2, -0.15) is 0 Å². The van der Waals surface area contributed by atoms with Gasteiger partial charge < -0.3 is 5.32 Å². The molecule has 4 heteroatoms. The fraction of sp³-hybridized carbons (Fsp3) is 0.222. The van der Waals surface area contributed by atoms with Crippen LogP contribution in [0.1, 0.15) is 59.2 Å². The topological polar surface area (TPSA) is 29.1 Å². The summed E-state index contributed by atoms with van der Waals surface area (Å²) < 4.78 is 13.5. The van der Waals surface area contributed by atoms with Crippen LogP contribution in [0.5, 0.6) is 0 Å². The van der Waals surface area contributed by atoms with E-state index in [4.69, 9.17) is 0 Å². The second-order valence-electron chi connectivity index (χ2n) is 8.22. The summed E-state index contributed by atoms with van der Waals surface area (Å²) in [5.41, 5.74) is 4.80. The molecule has 1 N–H and O–H groups in total. The Balaban J connectivity index is 1.54. The average Bonchev–Trinajstić information content (AvgIpc) is 2.96. The minimum absolute atomic E-state index is 0.00167. The Morgan fingerprint density at radius 3 is 2.48 bits per heavy atom. The number of carbonyl (C=O) groups excluding carboxylic acids is 1. The molecule has 1 aliphatic carbocycles. The van der Waals surface area contributed by atoms with E-state index in [2.05, 4.69) is 23.5 Å². The molecule has 1 amide bonds. The average molecular weight is 430 g/mol. The van der Waals surface area contributed by atoms with E-state index >= 15 is 0 Å². The molecule has 2 nitrogen and oxygen atoms in total. The molecule has 0 spiro atoms. The van der Waals surface area contributed by atoms with Crippen LogP contribution in [-0.2, 0) is 0 Å². The van der Waals surface area contributed by atoms with Gasteiger partial charge in [-0.05, 0) is 77.6 Å². The first kappa shape index (κ1) is 20.1. The van der Waals surface area contributed by atoms with E-state index in [1.165, 1.54) is 31.4 Å². The molecular weight excluding hydrogens is 405 g/mol. The van der Waals surface area contributed by atoms with Crippen LogP contribution in [0.2, 0.25) is 0 Å². The predicted molar refractivity (Wildman–Crippen MR) is 125 cm³/mol. The first-order valence-corrected chi connectivity index (χ1v) is 11.7. The standard InChI is InChI=1S/C27H24FNOS/c28-21-13-10-18(11-14-21)24-17-20-16-19(27(30)29-22-6-2-1-3-7-22)12-15-25(20)31-26-9-5-4-8-23(24)26/h4-5,8-17,22H,1-3,6-7H2,(H,29,30). The molecule has 156 valence electrons. The lowest BCUT2D eigenvalue weighted by molar-refractivity contribution is 0.0927. The Bertz CT molecular complexity index is 1150. The highest BCUT2D eigenvalue weighted by Gasteiger charge is 2.20. The second-order valence-corrected chi connectivity index (χ2v) is 9.31. The maximum absolute atomic E-state index is 13.5. The zero-order valence-corrected chi connectivity index (χ0v) is 18.1. The van der Waals surface area contributed by atoms with Crippen molar-refractivity contribution in [1.29, 1.82) is 0 Å². The minimum Gasteiger partial charge on any atom is -0.349 e. The highest BCUT2D eigenvalue weighted by atomic mass is 32.2. The maximum atomic E-state index is 13.5. The van der Waals surface area contributed by atoms with Crippen molar-refractivity contribution in [2.24, 2.45) is 0 Å². The molecule has 2 aliphatic rings. The van der Waals surface area contributed by atoms with Crippen LogP contribution in [0.3, 0.4) is 0 Å². The summed E-state index contributed by atoms with van der Waals surface area (Å²) in [7, 11) is 0. The van der Waals surface area contributed by atoms with Crippen molar-refractivity contribution >= 4 is 29.3 Å². The number of fused-ring (bicyclic) bond motifs is 2. The van der Waals surface area contributed by atoms with Gasteiger partial charge in [0.05, 0.1) is 0 Å². The van der Waals surface area contributed by atoms with Crippen molar-refractivity contribution in [2.75, 3.05) is 0 Å². The van der Waals surface area contributed by atoms with Crippen molar-refractivity contribution in [3.63, 3.8) is 0 Å². The van der Waals surface area contributed by atoms with Crippen molar-refractivity contribution in [3.8, 4) is 0 Å². The first-order valence-electron chi connectivity index (χ1n) is 10.9. The van der Waals surface area contributed by atoms with E-state index < -0.39 is 0 Å². The smallest absolute Gasteiger partial charge is 0.251 e. The number of nitrogens with one attached hydrogen (secondary N) is 1. The lowest BCUT2D eigenvalue weighted by Gasteiger charge is -2.22. The van der Waals surface area contributed by atoms with Gasteiger partial charge in [-0.3, -0.25) is 4.79 Å². The SMILES string of the molecule is O=C(NC1CCCCC1)c1ccc2c(c1)C=C(c1ccc(F)cc1)c1ccccc1S2. The van der Waals surface area contributed by atoms with Gasteiger partial charge in [-0.15, -0.1) is 0 Å². The monoisotopic (exact) mass is 429 g/mol. The Kier molecular flexibility index (Phi) is 5.65. The quantitative estimate of drug-likeness (QED) is 0.382. The lowest BCUT2D eigenvalue weighted by atomic mass is 9.94. The van der Waals surface area contributed by atoms with E-state index in [1.807, 2.05) is 42.5 Å². The van der Waals surface area contributed by atoms with Crippen LogP contribution in [0.25, 0.3) is 11.6 Å². The highest BCUT2D eigenvalue weighted by molar-refractivity contribution is 7.99. The molecule has 3 aromatic rings. The van der Waals surface area contributed by atoms with Gasteiger partial charge in [0.15, 0.2) is 0 Å². The van der Waals surface area contributed by atoms with Gasteiger partial charge in [-0.25, -0.2) is 4.39 Å². The van der Waals surface area contributed by atoms with Gasteiger partial charge >= 0.3 is 0 Å². The molecule has 1 aliphatic heterocycles. The summed E-state index contributed by atoms with van der Waals surface area (Å²) in [5, 5.41) is 3.22. The Morgan fingerprint density at radius 2 is 1.68 bits per heavy atom. The predicted octanol–water partition coefficient (Wildman–Crippen LogP) is 6.94. The molecule has 0 bridgehead atoms. The molecular formula is C27H24FNOS. The molecule has 31 heavy (non-hydrogen) atoms. The Morgan fingerprint density at radius 1 is 0.903 bits per heavy atom. The molecule has 1 fully saturated rings. The van der Waals surface area contributed by atoms with Crippen LogP contribution >= 0.6 is 11.8 Å². The summed E-state index contributed by atoms with van der Waals surface area (Å²) >= 11 is 1.70. The molecule has 0 atom stereocenters. The summed E-state index contributed by atoms with van der Waals surface area (Å²) in [6, 6.07) is 21.1. The van der Waals surface area contributed by atoms with E-state index in [-0.39, 0.29) is 17.8 Å². The molecule has 0 aromatic heterocycles. The van der Waals surface area contributed by atoms with E-state index in [1.54, 1.807) is 11.8 Å². The molecule has 5 rings (SSSR count). The largest absolute Gasteiger partial charge is 0.349 e. The van der Waals surface area contributed by atoms with E-state index in [0.717, 1.165) is 44.9 Å². The van der Waals surface area contributed by atoms with Crippen molar-refractivity contribution in [1.82, 2.24) is 5.32 Å². The van der Waals surface area contributed by atoms with Crippen LogP contribution < -0.4 is 5.32 Å². The molecule has 1 heterocycles. The molecule has 0 saturated heterocycles. The van der Waals surface area contributed by atoms with Gasteiger partial charge in [0.2, 0.25) is 0 Å². The summed E-state index contributed by atoms with van der Waals surface area (Å²) in [5.74, 6) is -0.249. The first-order chi connectivity index (χ1) is 15.2. The number of hydrogen-bond acceptors (Lipinski definition) is 2. The van der Waals surface area contributed by atoms with E-state index in [9.17, 15) is 9.18 Å². The number of carbonyl (C=O) groups is 1. The normalized spacial score (nSPS) is 16.0. The maximum Gasteiger partial charge on any atom is 0.251 e. The fourth-order valence-corrected chi connectivity index (χ4v) is 5.45. The van der Waals surface area contributed by atoms with Gasteiger partial charge in [0.25, 0.3) is 5.91 Å². The summed E-state index contributed by atoms with van der Waals surface area (Å²) in [6.07, 6.45) is 7.90. The van der Waals surface area contributed by atoms with Crippen LogP contribution in [0, 0.1) is 5.82 Å². The van der Waals surface area contributed by atoms with Crippen LogP contribution in [0.4, 0.5) is 4.39 Å². The lowest BCUT2D eigenvalue weighted by Crippen LogP contribution is -2.36. The number of amides is 1. The third-order valence-corrected chi connectivity index (χ3v) is 7.23. The van der Waals surface area contributed by atoms with Gasteiger partial charge in [0, 0.05) is 21.4 Å². The minimum atomic E-state index is -0.247. The Labute approximate surface area is 186 Å². The van der Waals surface area contributed by atoms with E-state index in [0.29, 0.717) is 5.56 Å². The van der Waals surface area contributed by atoms with Gasteiger partial charge in [0.1, 0.15) is 5.82 Å². The third-order valence-electron chi connectivity index (χ3n) is 6.06. The summed E-state index contributed by atoms with van der Waals surface area (Å²) in [4.78, 5) is 15.2.